The first-order valence-electron chi connectivity index (χ1n) is 5.34. The van der Waals surface area contributed by atoms with Crippen LogP contribution in [0.1, 0.15) is 52.4 Å². The summed E-state index contributed by atoms with van der Waals surface area (Å²) in [4.78, 5) is 0. The fourth-order valence-corrected chi connectivity index (χ4v) is 2.13. The van der Waals surface area contributed by atoms with E-state index in [9.17, 15) is 0 Å². The summed E-state index contributed by atoms with van der Waals surface area (Å²) < 4.78 is 0. The summed E-state index contributed by atoms with van der Waals surface area (Å²) in [6.45, 7) is 4.62. The van der Waals surface area contributed by atoms with Crippen molar-refractivity contribution in [3.63, 3.8) is 0 Å². The lowest BCUT2D eigenvalue weighted by molar-refractivity contribution is 0.418. The highest BCUT2D eigenvalue weighted by atomic mass is 32.2. The quantitative estimate of drug-likeness (QED) is 0.510. The monoisotopic (exact) mass is 188 g/mol. The summed E-state index contributed by atoms with van der Waals surface area (Å²) in [7, 11) is 0. The van der Waals surface area contributed by atoms with Crippen molar-refractivity contribution in [3.8, 4) is 0 Å². The van der Waals surface area contributed by atoms with E-state index in [1.165, 1.54) is 44.3 Å². The molecule has 0 aromatic heterocycles. The van der Waals surface area contributed by atoms with Crippen LogP contribution in [0.25, 0.3) is 0 Å². The van der Waals surface area contributed by atoms with Crippen LogP contribution in [0.15, 0.2) is 0 Å². The van der Waals surface area contributed by atoms with Gasteiger partial charge in [-0.1, -0.05) is 46.0 Å². The Kier molecular flexibility index (Phi) is 9.71. The third kappa shape index (κ3) is 7.02. The van der Waals surface area contributed by atoms with Crippen molar-refractivity contribution in [1.82, 2.24) is 0 Å². The molecule has 0 heterocycles. The Balaban J connectivity index is 3.19. The van der Waals surface area contributed by atoms with Gasteiger partial charge in [0.2, 0.25) is 0 Å². The molecule has 0 aliphatic rings. The first-order valence-corrected chi connectivity index (χ1v) is 6.73. The number of thioether (sulfide) groups is 1. The molecule has 0 saturated heterocycles. The highest BCUT2D eigenvalue weighted by Crippen LogP contribution is 2.18. The summed E-state index contributed by atoms with van der Waals surface area (Å²) in [5, 5.41) is 0. The summed E-state index contributed by atoms with van der Waals surface area (Å²) in [5.41, 5.74) is 0. The molecule has 0 fully saturated rings. The molecule has 0 aliphatic heterocycles. The van der Waals surface area contributed by atoms with Crippen LogP contribution in [-0.2, 0) is 0 Å². The molecular formula is C11H24S. The van der Waals surface area contributed by atoms with E-state index in [0.717, 1.165) is 5.92 Å². The molecule has 0 aliphatic carbocycles. The van der Waals surface area contributed by atoms with Crippen molar-refractivity contribution in [2.45, 2.75) is 52.4 Å². The third-order valence-electron chi connectivity index (χ3n) is 2.49. The van der Waals surface area contributed by atoms with Gasteiger partial charge in [0.25, 0.3) is 0 Å². The smallest absolute Gasteiger partial charge is 0.00703 e. The van der Waals surface area contributed by atoms with Crippen LogP contribution < -0.4 is 0 Å². The zero-order valence-electron chi connectivity index (χ0n) is 8.94. The highest BCUT2D eigenvalue weighted by molar-refractivity contribution is 7.98. The number of rotatable bonds is 8. The second-order valence-corrected chi connectivity index (χ2v) is 4.54. The maximum atomic E-state index is 2.33. The minimum absolute atomic E-state index is 1.01. The van der Waals surface area contributed by atoms with Gasteiger partial charge in [-0.05, 0) is 24.3 Å². The van der Waals surface area contributed by atoms with Gasteiger partial charge in [0.15, 0.2) is 0 Å². The lowest BCUT2D eigenvalue weighted by Gasteiger charge is -2.12. The van der Waals surface area contributed by atoms with Crippen molar-refractivity contribution in [2.75, 3.05) is 12.0 Å². The standard InChI is InChI=1S/C11H24S/c1-4-8-11(5-2)9-6-7-10-12-3/h11H,4-10H2,1-3H3. The van der Waals surface area contributed by atoms with Crippen molar-refractivity contribution in [2.24, 2.45) is 5.92 Å². The zero-order chi connectivity index (χ0) is 9.23. The first kappa shape index (κ1) is 12.3. The van der Waals surface area contributed by atoms with Gasteiger partial charge in [-0.3, -0.25) is 0 Å². The zero-order valence-corrected chi connectivity index (χ0v) is 9.75. The van der Waals surface area contributed by atoms with Crippen molar-refractivity contribution in [3.05, 3.63) is 0 Å². The van der Waals surface area contributed by atoms with E-state index in [2.05, 4.69) is 20.1 Å². The molecule has 1 heteroatoms. The van der Waals surface area contributed by atoms with Crippen LogP contribution in [0.2, 0.25) is 0 Å². The Morgan fingerprint density at radius 3 is 2.33 bits per heavy atom. The van der Waals surface area contributed by atoms with E-state index in [-0.39, 0.29) is 0 Å². The molecule has 1 unspecified atom stereocenters. The SMILES string of the molecule is CCCC(CC)CCCCSC. The van der Waals surface area contributed by atoms with E-state index >= 15 is 0 Å². The van der Waals surface area contributed by atoms with Crippen LogP contribution in [0.4, 0.5) is 0 Å². The van der Waals surface area contributed by atoms with Crippen molar-refractivity contribution >= 4 is 11.8 Å². The van der Waals surface area contributed by atoms with Gasteiger partial charge in [-0.2, -0.15) is 11.8 Å². The molecule has 1 atom stereocenters. The van der Waals surface area contributed by atoms with Gasteiger partial charge < -0.3 is 0 Å². The van der Waals surface area contributed by atoms with Gasteiger partial charge in [0.05, 0.1) is 0 Å². The Hall–Kier alpha value is 0.350. The number of unbranched alkanes of at least 4 members (excludes halogenated alkanes) is 1. The maximum Gasteiger partial charge on any atom is -0.00703 e. The van der Waals surface area contributed by atoms with Crippen LogP contribution in [-0.4, -0.2) is 12.0 Å². The molecule has 74 valence electrons. The van der Waals surface area contributed by atoms with Crippen LogP contribution in [0.3, 0.4) is 0 Å². The molecule has 12 heavy (non-hydrogen) atoms. The average molecular weight is 188 g/mol. The predicted octanol–water partition coefficient (Wildman–Crippen LogP) is 4.35. The molecule has 0 nitrogen and oxygen atoms in total. The van der Waals surface area contributed by atoms with Crippen molar-refractivity contribution < 1.29 is 0 Å². The molecule has 0 aromatic rings. The summed E-state index contributed by atoms with van der Waals surface area (Å²) in [6.07, 6.45) is 10.7. The predicted molar refractivity (Wildman–Crippen MR) is 60.9 cm³/mol. The van der Waals surface area contributed by atoms with Gasteiger partial charge in [0, 0.05) is 0 Å². The number of hydrogen-bond donors (Lipinski definition) is 0. The topological polar surface area (TPSA) is 0 Å². The molecule has 0 bridgehead atoms. The second kappa shape index (κ2) is 9.44. The molecular weight excluding hydrogens is 164 g/mol. The van der Waals surface area contributed by atoms with E-state index < -0.39 is 0 Å². The molecule has 0 N–H and O–H groups in total. The van der Waals surface area contributed by atoms with E-state index in [0.29, 0.717) is 0 Å². The fraction of sp³-hybridized carbons (Fsp3) is 1.00. The fourth-order valence-electron chi connectivity index (χ4n) is 1.64. The van der Waals surface area contributed by atoms with E-state index in [1.54, 1.807) is 0 Å². The Bertz CT molecular complexity index is 81.1. The molecule has 0 saturated carbocycles. The van der Waals surface area contributed by atoms with Gasteiger partial charge in [0.1, 0.15) is 0 Å². The Morgan fingerprint density at radius 1 is 1.08 bits per heavy atom. The summed E-state index contributed by atoms with van der Waals surface area (Å²) in [5.74, 6) is 2.36. The van der Waals surface area contributed by atoms with Crippen molar-refractivity contribution in [1.29, 1.82) is 0 Å². The lowest BCUT2D eigenvalue weighted by atomic mass is 9.95. The lowest BCUT2D eigenvalue weighted by Crippen LogP contribution is -1.98. The maximum absolute atomic E-state index is 2.33. The molecule has 0 spiro atoms. The van der Waals surface area contributed by atoms with Gasteiger partial charge in [-0.25, -0.2) is 0 Å². The molecule has 0 aromatic carbocycles. The van der Waals surface area contributed by atoms with Crippen LogP contribution in [0.5, 0.6) is 0 Å². The second-order valence-electron chi connectivity index (χ2n) is 3.55. The van der Waals surface area contributed by atoms with Crippen LogP contribution in [0, 0.1) is 5.92 Å². The van der Waals surface area contributed by atoms with Gasteiger partial charge >= 0.3 is 0 Å². The Labute approximate surface area is 82.5 Å². The average Bonchev–Trinajstić information content (AvgIpc) is 2.10. The Morgan fingerprint density at radius 2 is 1.83 bits per heavy atom. The highest BCUT2D eigenvalue weighted by Gasteiger charge is 2.03. The first-order chi connectivity index (χ1) is 5.85. The van der Waals surface area contributed by atoms with Gasteiger partial charge in [-0.15, -0.1) is 0 Å². The van der Waals surface area contributed by atoms with E-state index in [1.807, 2.05) is 11.8 Å². The molecule has 0 amide bonds. The number of hydrogen-bond acceptors (Lipinski definition) is 1. The molecule has 0 rings (SSSR count). The normalized spacial score (nSPS) is 13.2. The third-order valence-corrected chi connectivity index (χ3v) is 3.18. The minimum atomic E-state index is 1.01. The largest absolute Gasteiger partial charge is 0.165 e. The van der Waals surface area contributed by atoms with Crippen LogP contribution >= 0.6 is 11.8 Å². The van der Waals surface area contributed by atoms with E-state index in [4.69, 9.17) is 0 Å². The summed E-state index contributed by atoms with van der Waals surface area (Å²) in [6, 6.07) is 0. The summed E-state index contributed by atoms with van der Waals surface area (Å²) >= 11 is 1.97. The molecule has 0 radical (unpaired) electrons. The minimum Gasteiger partial charge on any atom is -0.165 e.